The first-order valence-corrected chi connectivity index (χ1v) is 4.84. The fourth-order valence-electron chi connectivity index (χ4n) is 2.13. The van der Waals surface area contributed by atoms with Gasteiger partial charge in [0.1, 0.15) is 0 Å². The smallest absolute Gasteiger partial charge is 0.0128 e. The Labute approximate surface area is 76.5 Å². The first-order valence-electron chi connectivity index (χ1n) is 4.84. The molecule has 1 aliphatic rings. The van der Waals surface area contributed by atoms with E-state index in [2.05, 4.69) is 39.2 Å². The molecule has 0 amide bonds. The zero-order chi connectivity index (χ0) is 9.35. The van der Waals surface area contributed by atoms with Gasteiger partial charge < -0.3 is 0 Å². The molecule has 0 aromatic rings. The number of hydrogen-bond acceptors (Lipinski definition) is 1. The van der Waals surface area contributed by atoms with E-state index in [4.69, 9.17) is 0 Å². The van der Waals surface area contributed by atoms with Gasteiger partial charge in [-0.1, -0.05) is 12.2 Å². The summed E-state index contributed by atoms with van der Waals surface area (Å²) >= 11 is 0. The van der Waals surface area contributed by atoms with Crippen LogP contribution >= 0.6 is 0 Å². The quantitative estimate of drug-likeness (QED) is 0.501. The summed E-state index contributed by atoms with van der Waals surface area (Å²) in [6.45, 7) is 14.4. The van der Waals surface area contributed by atoms with Gasteiger partial charge in [0.05, 0.1) is 0 Å². The summed E-state index contributed by atoms with van der Waals surface area (Å²) in [5.74, 6) is 0. The predicted octanol–water partition coefficient (Wildman–Crippen LogP) is 2.83. The number of likely N-dealkylation sites (tertiary alicyclic amines) is 1. The molecule has 1 atom stereocenters. The van der Waals surface area contributed by atoms with Gasteiger partial charge in [0.25, 0.3) is 0 Å². The highest BCUT2D eigenvalue weighted by atomic mass is 15.2. The molecule has 0 aromatic heterocycles. The van der Waals surface area contributed by atoms with E-state index in [9.17, 15) is 0 Å². The van der Waals surface area contributed by atoms with Crippen molar-refractivity contribution in [2.75, 3.05) is 6.54 Å². The molecule has 0 aromatic carbocycles. The molecule has 1 rings (SSSR count). The van der Waals surface area contributed by atoms with Gasteiger partial charge in [-0.3, -0.25) is 4.90 Å². The maximum absolute atomic E-state index is 4.05. The van der Waals surface area contributed by atoms with Crippen LogP contribution in [-0.2, 0) is 0 Å². The number of piperidine rings is 1. The minimum atomic E-state index is 0.320. The summed E-state index contributed by atoms with van der Waals surface area (Å²) in [5.41, 5.74) is 1.74. The fraction of sp³-hybridized carbons (Fsp3) is 0.818. The average Bonchev–Trinajstić information content (AvgIpc) is 1.83. The molecule has 0 N–H and O–H groups in total. The molecule has 70 valence electrons. The minimum Gasteiger partial charge on any atom is -0.295 e. The Bertz CT molecular complexity index is 176. The molecule has 1 unspecified atom stereocenters. The number of nitrogens with zero attached hydrogens (tertiary/aromatic N) is 1. The van der Waals surface area contributed by atoms with E-state index in [1.54, 1.807) is 0 Å². The standard InChI is InChI=1S/C11H21N/c1-9-6-7-12(10(2)8-9)11(3,4)5/h10H,1,6-8H2,2-5H3. The molecular formula is C11H21N. The van der Waals surface area contributed by atoms with E-state index >= 15 is 0 Å². The van der Waals surface area contributed by atoms with Crippen LogP contribution in [0.2, 0.25) is 0 Å². The van der Waals surface area contributed by atoms with Crippen molar-refractivity contribution in [3.8, 4) is 0 Å². The molecule has 1 nitrogen and oxygen atoms in total. The zero-order valence-electron chi connectivity index (χ0n) is 8.85. The fourth-order valence-corrected chi connectivity index (χ4v) is 2.13. The van der Waals surface area contributed by atoms with Crippen molar-refractivity contribution in [3.63, 3.8) is 0 Å². The topological polar surface area (TPSA) is 3.24 Å². The van der Waals surface area contributed by atoms with E-state index in [1.165, 1.54) is 25.0 Å². The van der Waals surface area contributed by atoms with Crippen LogP contribution in [0, 0.1) is 0 Å². The summed E-state index contributed by atoms with van der Waals surface area (Å²) in [4.78, 5) is 2.57. The van der Waals surface area contributed by atoms with Crippen LogP contribution in [0.3, 0.4) is 0 Å². The highest BCUT2D eigenvalue weighted by Gasteiger charge is 2.28. The van der Waals surface area contributed by atoms with Crippen molar-refractivity contribution in [1.82, 2.24) is 4.90 Å². The largest absolute Gasteiger partial charge is 0.295 e. The Balaban J connectivity index is 2.62. The SMILES string of the molecule is C=C1CCN(C(C)(C)C)C(C)C1. The third-order valence-corrected chi connectivity index (χ3v) is 2.68. The molecule has 1 heterocycles. The Kier molecular flexibility index (Phi) is 2.62. The summed E-state index contributed by atoms with van der Waals surface area (Å²) < 4.78 is 0. The van der Waals surface area contributed by atoms with Crippen molar-refractivity contribution < 1.29 is 0 Å². The highest BCUT2D eigenvalue weighted by Crippen LogP contribution is 2.27. The van der Waals surface area contributed by atoms with Crippen molar-refractivity contribution in [2.24, 2.45) is 0 Å². The van der Waals surface area contributed by atoms with Gasteiger partial charge in [-0.2, -0.15) is 0 Å². The van der Waals surface area contributed by atoms with Crippen LogP contribution in [0.1, 0.15) is 40.5 Å². The van der Waals surface area contributed by atoms with Crippen LogP contribution in [0.25, 0.3) is 0 Å². The Hall–Kier alpha value is -0.300. The van der Waals surface area contributed by atoms with Crippen LogP contribution < -0.4 is 0 Å². The normalized spacial score (nSPS) is 27.7. The summed E-state index contributed by atoms with van der Waals surface area (Å²) in [6, 6.07) is 0.672. The van der Waals surface area contributed by atoms with E-state index < -0.39 is 0 Å². The molecule has 1 aliphatic heterocycles. The Morgan fingerprint density at radius 3 is 2.42 bits per heavy atom. The third kappa shape index (κ3) is 2.10. The predicted molar refractivity (Wildman–Crippen MR) is 54.3 cm³/mol. The van der Waals surface area contributed by atoms with Crippen molar-refractivity contribution >= 4 is 0 Å². The minimum absolute atomic E-state index is 0.320. The van der Waals surface area contributed by atoms with Gasteiger partial charge in [-0.25, -0.2) is 0 Å². The monoisotopic (exact) mass is 167 g/mol. The first-order chi connectivity index (χ1) is 5.41. The third-order valence-electron chi connectivity index (χ3n) is 2.68. The molecule has 0 spiro atoms. The van der Waals surface area contributed by atoms with Gasteiger partial charge in [0, 0.05) is 18.1 Å². The molecule has 12 heavy (non-hydrogen) atoms. The molecule has 0 aliphatic carbocycles. The maximum Gasteiger partial charge on any atom is 0.0128 e. The molecule has 0 radical (unpaired) electrons. The van der Waals surface area contributed by atoms with Crippen LogP contribution in [-0.4, -0.2) is 23.0 Å². The number of hydrogen-bond donors (Lipinski definition) is 0. The van der Waals surface area contributed by atoms with Gasteiger partial charge in [-0.15, -0.1) is 0 Å². The second-order valence-electron chi connectivity index (χ2n) is 4.92. The van der Waals surface area contributed by atoms with Gasteiger partial charge in [0.15, 0.2) is 0 Å². The first kappa shape index (κ1) is 9.79. The lowest BCUT2D eigenvalue weighted by molar-refractivity contribution is 0.0770. The highest BCUT2D eigenvalue weighted by molar-refractivity contribution is 5.03. The molecule has 1 saturated heterocycles. The second-order valence-corrected chi connectivity index (χ2v) is 4.92. The van der Waals surface area contributed by atoms with Gasteiger partial charge in [-0.05, 0) is 40.5 Å². The molecular weight excluding hydrogens is 146 g/mol. The van der Waals surface area contributed by atoms with E-state index in [0.29, 0.717) is 11.6 Å². The summed E-state index contributed by atoms with van der Waals surface area (Å²) in [7, 11) is 0. The van der Waals surface area contributed by atoms with Crippen LogP contribution in [0.15, 0.2) is 12.2 Å². The van der Waals surface area contributed by atoms with Gasteiger partial charge >= 0.3 is 0 Å². The second kappa shape index (κ2) is 3.21. The van der Waals surface area contributed by atoms with Crippen LogP contribution in [0.4, 0.5) is 0 Å². The van der Waals surface area contributed by atoms with E-state index in [0.717, 1.165) is 0 Å². The van der Waals surface area contributed by atoms with E-state index in [-0.39, 0.29) is 0 Å². The van der Waals surface area contributed by atoms with Crippen molar-refractivity contribution in [3.05, 3.63) is 12.2 Å². The van der Waals surface area contributed by atoms with Crippen molar-refractivity contribution in [2.45, 2.75) is 52.1 Å². The van der Waals surface area contributed by atoms with Crippen LogP contribution in [0.5, 0.6) is 0 Å². The average molecular weight is 167 g/mol. The zero-order valence-corrected chi connectivity index (χ0v) is 8.85. The Morgan fingerprint density at radius 2 is 2.00 bits per heavy atom. The lowest BCUT2D eigenvalue weighted by atomic mass is 9.93. The molecule has 1 heteroatoms. The Morgan fingerprint density at radius 1 is 1.42 bits per heavy atom. The summed E-state index contributed by atoms with van der Waals surface area (Å²) in [6.07, 6.45) is 2.36. The molecule has 0 saturated carbocycles. The lowest BCUT2D eigenvalue weighted by Gasteiger charge is -2.43. The number of rotatable bonds is 0. The maximum atomic E-state index is 4.05. The van der Waals surface area contributed by atoms with E-state index in [1.807, 2.05) is 0 Å². The molecule has 0 bridgehead atoms. The van der Waals surface area contributed by atoms with Crippen molar-refractivity contribution in [1.29, 1.82) is 0 Å². The molecule has 1 fully saturated rings. The lowest BCUT2D eigenvalue weighted by Crippen LogP contribution is -2.49. The van der Waals surface area contributed by atoms with Gasteiger partial charge in [0.2, 0.25) is 0 Å². The summed E-state index contributed by atoms with van der Waals surface area (Å²) in [5, 5.41) is 0.